The van der Waals surface area contributed by atoms with Gasteiger partial charge in [0.25, 0.3) is 0 Å². The molecule has 1 atom stereocenters. The van der Waals surface area contributed by atoms with E-state index in [1.54, 1.807) is 0 Å². The average Bonchev–Trinajstić information content (AvgIpc) is 2.98. The van der Waals surface area contributed by atoms with Gasteiger partial charge >= 0.3 is 0 Å². The number of piperidine rings is 1. The Morgan fingerprint density at radius 3 is 2.57 bits per heavy atom. The summed E-state index contributed by atoms with van der Waals surface area (Å²) in [4.78, 5) is 4.42. The molecule has 0 saturated carbocycles. The zero-order chi connectivity index (χ0) is 14.9. The van der Waals surface area contributed by atoms with Crippen LogP contribution in [-0.2, 0) is 5.41 Å². The number of imidazole rings is 1. The van der Waals surface area contributed by atoms with Crippen LogP contribution >= 0.6 is 11.6 Å². The molecule has 0 bridgehead atoms. The molecule has 2 heterocycles. The summed E-state index contributed by atoms with van der Waals surface area (Å²) in [6.07, 6.45) is 6.32. The van der Waals surface area contributed by atoms with Gasteiger partial charge in [-0.1, -0.05) is 30.7 Å². The first kappa shape index (κ1) is 14.6. The molecule has 0 spiro atoms. The number of nitrogens with one attached hydrogen (secondary N) is 1. The van der Waals surface area contributed by atoms with Gasteiger partial charge in [-0.25, -0.2) is 4.98 Å². The fourth-order valence-corrected chi connectivity index (χ4v) is 3.34. The number of aromatic nitrogens is 2. The molecule has 21 heavy (non-hydrogen) atoms. The number of hydrogen-bond acceptors (Lipinski definition) is 2. The summed E-state index contributed by atoms with van der Waals surface area (Å²) in [5.41, 5.74) is 2.81. The highest BCUT2D eigenvalue weighted by atomic mass is 35.5. The van der Waals surface area contributed by atoms with Crippen molar-refractivity contribution in [2.75, 3.05) is 13.1 Å². The molecule has 1 aromatic heterocycles. The van der Waals surface area contributed by atoms with Crippen molar-refractivity contribution < 1.29 is 0 Å². The normalized spacial score (nSPS) is 19.4. The summed E-state index contributed by atoms with van der Waals surface area (Å²) in [6.45, 7) is 6.74. The van der Waals surface area contributed by atoms with Crippen molar-refractivity contribution in [1.82, 2.24) is 14.9 Å². The van der Waals surface area contributed by atoms with E-state index in [9.17, 15) is 0 Å². The zero-order valence-electron chi connectivity index (χ0n) is 12.6. The molecule has 1 fully saturated rings. The maximum absolute atomic E-state index is 5.99. The lowest BCUT2D eigenvalue weighted by molar-refractivity contribution is 0.314. The molecule has 1 aliphatic rings. The summed E-state index contributed by atoms with van der Waals surface area (Å²) < 4.78 is 2.31. The van der Waals surface area contributed by atoms with Gasteiger partial charge in [0.15, 0.2) is 0 Å². The molecular weight excluding hydrogens is 282 g/mol. The molecule has 1 N–H and O–H groups in total. The molecule has 3 rings (SSSR count). The summed E-state index contributed by atoms with van der Waals surface area (Å²) in [5.74, 6) is 0. The smallest absolute Gasteiger partial charge is 0.0954 e. The third-order valence-electron chi connectivity index (χ3n) is 4.76. The van der Waals surface area contributed by atoms with Crippen molar-refractivity contribution in [2.24, 2.45) is 0 Å². The van der Waals surface area contributed by atoms with Gasteiger partial charge in [0.2, 0.25) is 0 Å². The van der Waals surface area contributed by atoms with Gasteiger partial charge < -0.3 is 9.88 Å². The van der Waals surface area contributed by atoms with Crippen LogP contribution in [0.5, 0.6) is 0 Å². The van der Waals surface area contributed by atoms with E-state index < -0.39 is 0 Å². The first-order valence-corrected chi connectivity index (χ1v) is 7.96. The van der Waals surface area contributed by atoms with Crippen LogP contribution in [0.1, 0.15) is 44.0 Å². The van der Waals surface area contributed by atoms with E-state index in [1.807, 2.05) is 24.7 Å². The van der Waals surface area contributed by atoms with E-state index in [0.29, 0.717) is 0 Å². The van der Waals surface area contributed by atoms with E-state index in [4.69, 9.17) is 11.6 Å². The SMILES string of the molecule is CC(c1ccc(Cl)cc1)n1cncc1C1(C)CCNCC1. The standard InChI is InChI=1S/C17H22ClN3/c1-13(14-3-5-15(18)6-4-14)21-12-20-11-16(21)17(2)7-9-19-10-8-17/h3-6,11-13,19H,7-10H2,1-2H3. The van der Waals surface area contributed by atoms with Crippen LogP contribution in [0, 0.1) is 0 Å². The molecular formula is C17H22ClN3. The molecule has 112 valence electrons. The highest BCUT2D eigenvalue weighted by molar-refractivity contribution is 6.30. The monoisotopic (exact) mass is 303 g/mol. The van der Waals surface area contributed by atoms with Crippen molar-refractivity contribution in [3.05, 3.63) is 53.1 Å². The quantitative estimate of drug-likeness (QED) is 0.935. The molecule has 0 radical (unpaired) electrons. The zero-order valence-corrected chi connectivity index (χ0v) is 13.4. The number of nitrogens with zero attached hydrogens (tertiary/aromatic N) is 2. The second kappa shape index (κ2) is 5.82. The minimum absolute atomic E-state index is 0.211. The van der Waals surface area contributed by atoms with Crippen LogP contribution in [0.4, 0.5) is 0 Å². The summed E-state index contributed by atoms with van der Waals surface area (Å²) >= 11 is 5.99. The highest BCUT2D eigenvalue weighted by Gasteiger charge is 2.32. The fraction of sp³-hybridized carbons (Fsp3) is 0.471. The van der Waals surface area contributed by atoms with Gasteiger partial charge in [-0.2, -0.15) is 0 Å². The van der Waals surface area contributed by atoms with Crippen LogP contribution in [0.3, 0.4) is 0 Å². The Morgan fingerprint density at radius 2 is 1.90 bits per heavy atom. The minimum Gasteiger partial charge on any atom is -0.327 e. The first-order chi connectivity index (χ1) is 10.1. The molecule has 0 amide bonds. The lowest BCUT2D eigenvalue weighted by Gasteiger charge is -2.35. The number of rotatable bonds is 3. The van der Waals surface area contributed by atoms with Crippen LogP contribution in [0.2, 0.25) is 5.02 Å². The average molecular weight is 304 g/mol. The molecule has 0 aliphatic carbocycles. The molecule has 1 aromatic carbocycles. The summed E-state index contributed by atoms with van der Waals surface area (Å²) in [6, 6.07) is 8.38. The van der Waals surface area contributed by atoms with Crippen molar-refractivity contribution in [3.8, 4) is 0 Å². The van der Waals surface area contributed by atoms with Crippen molar-refractivity contribution >= 4 is 11.6 Å². The van der Waals surface area contributed by atoms with Crippen LogP contribution in [-0.4, -0.2) is 22.6 Å². The number of hydrogen-bond donors (Lipinski definition) is 1. The maximum atomic E-state index is 5.99. The Hall–Kier alpha value is -1.32. The third kappa shape index (κ3) is 2.85. The second-order valence-corrected chi connectivity index (χ2v) is 6.66. The lowest BCUT2D eigenvalue weighted by atomic mass is 9.78. The molecule has 1 aliphatic heterocycles. The van der Waals surface area contributed by atoms with E-state index >= 15 is 0 Å². The first-order valence-electron chi connectivity index (χ1n) is 7.59. The summed E-state index contributed by atoms with van der Waals surface area (Å²) in [5, 5.41) is 4.22. The van der Waals surface area contributed by atoms with Crippen molar-refractivity contribution in [1.29, 1.82) is 0 Å². The topological polar surface area (TPSA) is 29.9 Å². The van der Waals surface area contributed by atoms with E-state index in [2.05, 4.69) is 40.8 Å². The van der Waals surface area contributed by atoms with Gasteiger partial charge in [-0.15, -0.1) is 0 Å². The predicted octanol–water partition coefficient (Wildman–Crippen LogP) is 3.79. The van der Waals surface area contributed by atoms with Gasteiger partial charge in [-0.3, -0.25) is 0 Å². The Bertz CT molecular complexity index is 597. The van der Waals surface area contributed by atoms with E-state index in [1.165, 1.54) is 11.3 Å². The predicted molar refractivity (Wildman–Crippen MR) is 86.9 cm³/mol. The summed E-state index contributed by atoms with van der Waals surface area (Å²) in [7, 11) is 0. The number of benzene rings is 1. The van der Waals surface area contributed by atoms with Gasteiger partial charge in [0.05, 0.1) is 12.4 Å². The van der Waals surface area contributed by atoms with Gasteiger partial charge in [0.1, 0.15) is 0 Å². The largest absolute Gasteiger partial charge is 0.327 e. The highest BCUT2D eigenvalue weighted by Crippen LogP contribution is 2.35. The Balaban J connectivity index is 1.93. The van der Waals surface area contributed by atoms with Crippen LogP contribution in [0.15, 0.2) is 36.8 Å². The second-order valence-electron chi connectivity index (χ2n) is 6.22. The third-order valence-corrected chi connectivity index (χ3v) is 5.01. The van der Waals surface area contributed by atoms with Gasteiger partial charge in [-0.05, 0) is 50.6 Å². The van der Waals surface area contributed by atoms with Crippen molar-refractivity contribution in [3.63, 3.8) is 0 Å². The van der Waals surface area contributed by atoms with E-state index in [-0.39, 0.29) is 11.5 Å². The van der Waals surface area contributed by atoms with E-state index in [0.717, 1.165) is 31.0 Å². The molecule has 3 nitrogen and oxygen atoms in total. The Morgan fingerprint density at radius 1 is 1.24 bits per heavy atom. The maximum Gasteiger partial charge on any atom is 0.0954 e. The minimum atomic E-state index is 0.211. The van der Waals surface area contributed by atoms with Crippen molar-refractivity contribution in [2.45, 2.75) is 38.1 Å². The van der Waals surface area contributed by atoms with Crippen LogP contribution < -0.4 is 5.32 Å². The Labute approximate surface area is 131 Å². The van der Waals surface area contributed by atoms with Crippen LogP contribution in [0.25, 0.3) is 0 Å². The lowest BCUT2D eigenvalue weighted by Crippen LogP contribution is -2.39. The Kier molecular flexibility index (Phi) is 4.05. The number of halogens is 1. The molecule has 1 saturated heterocycles. The molecule has 4 heteroatoms. The molecule has 2 aromatic rings. The van der Waals surface area contributed by atoms with Gasteiger partial charge in [0, 0.05) is 22.3 Å². The fourth-order valence-electron chi connectivity index (χ4n) is 3.22. The molecule has 1 unspecified atom stereocenters.